The van der Waals surface area contributed by atoms with E-state index < -0.39 is 0 Å². The van der Waals surface area contributed by atoms with Crippen LogP contribution in [0.4, 0.5) is 10.8 Å². The fourth-order valence-electron chi connectivity index (χ4n) is 1.59. The maximum Gasteiger partial charge on any atom is 0.234 e. The number of nitrogens with one attached hydrogen (secondary N) is 1. The molecular weight excluding hydrogens is 280 g/mol. The molecule has 0 fully saturated rings. The Labute approximate surface area is 119 Å². The van der Waals surface area contributed by atoms with Gasteiger partial charge in [-0.05, 0) is 25.0 Å². The van der Waals surface area contributed by atoms with E-state index in [1.807, 2.05) is 32.0 Å². The first-order valence-corrected chi connectivity index (χ1v) is 7.44. The van der Waals surface area contributed by atoms with Crippen LogP contribution in [0.2, 0.25) is 0 Å². The van der Waals surface area contributed by atoms with Gasteiger partial charge in [0.25, 0.3) is 0 Å². The van der Waals surface area contributed by atoms with E-state index >= 15 is 0 Å². The summed E-state index contributed by atoms with van der Waals surface area (Å²) in [6, 6.07) is 5.92. The molecule has 3 N–H and O–H groups in total. The molecule has 0 radical (unpaired) electrons. The predicted octanol–water partition coefficient (Wildman–Crippen LogP) is 2.47. The average molecular weight is 294 g/mol. The molecule has 0 saturated carbocycles. The fraction of sp³-hybridized carbons (Fsp3) is 0.250. The zero-order valence-electron chi connectivity index (χ0n) is 10.6. The SMILES string of the molecule is Cc1cccc(C)c1NC(=O)CSc1nnc(N)s1. The Morgan fingerprint density at radius 2 is 2.05 bits per heavy atom. The minimum Gasteiger partial charge on any atom is -0.374 e. The summed E-state index contributed by atoms with van der Waals surface area (Å²) in [6.45, 7) is 3.95. The minimum atomic E-state index is -0.0591. The summed E-state index contributed by atoms with van der Waals surface area (Å²) in [6.07, 6.45) is 0. The van der Waals surface area contributed by atoms with Crippen LogP contribution < -0.4 is 11.1 Å². The second-order valence-corrected chi connectivity index (χ2v) is 6.24. The van der Waals surface area contributed by atoms with E-state index in [1.165, 1.54) is 23.1 Å². The van der Waals surface area contributed by atoms with Crippen molar-refractivity contribution in [1.82, 2.24) is 10.2 Å². The van der Waals surface area contributed by atoms with Gasteiger partial charge in [0.05, 0.1) is 5.75 Å². The summed E-state index contributed by atoms with van der Waals surface area (Å²) in [7, 11) is 0. The van der Waals surface area contributed by atoms with Gasteiger partial charge in [-0.1, -0.05) is 41.3 Å². The van der Waals surface area contributed by atoms with Crippen molar-refractivity contribution in [2.75, 3.05) is 16.8 Å². The van der Waals surface area contributed by atoms with Crippen LogP contribution in [0.1, 0.15) is 11.1 Å². The van der Waals surface area contributed by atoms with Crippen LogP contribution in [-0.2, 0) is 4.79 Å². The van der Waals surface area contributed by atoms with E-state index in [1.54, 1.807) is 0 Å². The molecule has 0 saturated heterocycles. The van der Waals surface area contributed by atoms with E-state index in [0.29, 0.717) is 15.2 Å². The smallest absolute Gasteiger partial charge is 0.234 e. The van der Waals surface area contributed by atoms with Crippen LogP contribution in [0.5, 0.6) is 0 Å². The Morgan fingerprint density at radius 3 is 2.63 bits per heavy atom. The number of aromatic nitrogens is 2. The van der Waals surface area contributed by atoms with Crippen LogP contribution in [-0.4, -0.2) is 21.9 Å². The van der Waals surface area contributed by atoms with Crippen LogP contribution in [0.15, 0.2) is 22.5 Å². The number of nitrogens with two attached hydrogens (primary N) is 1. The van der Waals surface area contributed by atoms with Crippen molar-refractivity contribution in [3.63, 3.8) is 0 Å². The summed E-state index contributed by atoms with van der Waals surface area (Å²) >= 11 is 2.61. The minimum absolute atomic E-state index is 0.0591. The van der Waals surface area contributed by atoms with Gasteiger partial charge in [0.2, 0.25) is 11.0 Å². The van der Waals surface area contributed by atoms with Gasteiger partial charge in [0.1, 0.15) is 0 Å². The summed E-state index contributed by atoms with van der Waals surface area (Å²) in [5, 5.41) is 10.9. The number of hydrogen-bond donors (Lipinski definition) is 2. The molecule has 2 rings (SSSR count). The number of benzene rings is 1. The molecule has 0 bridgehead atoms. The van der Waals surface area contributed by atoms with Crippen molar-refractivity contribution in [1.29, 1.82) is 0 Å². The lowest BCUT2D eigenvalue weighted by atomic mass is 10.1. The van der Waals surface area contributed by atoms with Crippen molar-refractivity contribution >= 4 is 39.8 Å². The number of nitrogen functional groups attached to an aromatic ring is 1. The quantitative estimate of drug-likeness (QED) is 0.847. The molecule has 1 amide bonds. The number of carbonyl (C=O) groups excluding carboxylic acids is 1. The Balaban J connectivity index is 1.94. The molecule has 100 valence electrons. The van der Waals surface area contributed by atoms with E-state index in [2.05, 4.69) is 15.5 Å². The molecule has 0 aliphatic heterocycles. The summed E-state index contributed by atoms with van der Waals surface area (Å²) in [4.78, 5) is 11.9. The summed E-state index contributed by atoms with van der Waals surface area (Å²) in [5.41, 5.74) is 8.47. The highest BCUT2D eigenvalue weighted by Crippen LogP contribution is 2.24. The van der Waals surface area contributed by atoms with Crippen molar-refractivity contribution in [2.24, 2.45) is 0 Å². The number of hydrogen-bond acceptors (Lipinski definition) is 6. The Morgan fingerprint density at radius 1 is 1.37 bits per heavy atom. The lowest BCUT2D eigenvalue weighted by molar-refractivity contribution is -0.113. The highest BCUT2D eigenvalue weighted by Gasteiger charge is 2.09. The molecule has 7 heteroatoms. The third-order valence-electron chi connectivity index (χ3n) is 2.49. The number of anilines is 2. The fourth-order valence-corrected chi connectivity index (χ4v) is 3.03. The Bertz CT molecular complexity index is 577. The number of rotatable bonds is 4. The predicted molar refractivity (Wildman–Crippen MR) is 79.6 cm³/mol. The Hall–Kier alpha value is -1.60. The highest BCUT2D eigenvalue weighted by atomic mass is 32.2. The zero-order valence-corrected chi connectivity index (χ0v) is 12.3. The molecule has 2 aromatic rings. The third kappa shape index (κ3) is 3.68. The lowest BCUT2D eigenvalue weighted by Crippen LogP contribution is -2.15. The molecule has 1 aromatic heterocycles. The molecule has 0 aliphatic rings. The molecule has 0 unspecified atom stereocenters. The molecule has 1 heterocycles. The van der Waals surface area contributed by atoms with Crippen LogP contribution in [0.25, 0.3) is 0 Å². The Kier molecular flexibility index (Phi) is 4.39. The van der Waals surface area contributed by atoms with Crippen molar-refractivity contribution in [3.8, 4) is 0 Å². The first-order valence-electron chi connectivity index (χ1n) is 5.64. The first-order chi connectivity index (χ1) is 9.06. The second-order valence-electron chi connectivity index (χ2n) is 4.01. The number of thioether (sulfide) groups is 1. The van der Waals surface area contributed by atoms with E-state index in [-0.39, 0.29) is 5.91 Å². The van der Waals surface area contributed by atoms with Crippen molar-refractivity contribution in [2.45, 2.75) is 18.2 Å². The maximum absolute atomic E-state index is 11.9. The zero-order chi connectivity index (χ0) is 13.8. The monoisotopic (exact) mass is 294 g/mol. The van der Waals surface area contributed by atoms with Crippen molar-refractivity contribution in [3.05, 3.63) is 29.3 Å². The van der Waals surface area contributed by atoms with Gasteiger partial charge in [-0.2, -0.15) is 0 Å². The second kappa shape index (κ2) is 6.03. The lowest BCUT2D eigenvalue weighted by Gasteiger charge is -2.10. The number of nitrogens with zero attached hydrogens (tertiary/aromatic N) is 2. The normalized spacial score (nSPS) is 10.4. The molecule has 5 nitrogen and oxygen atoms in total. The first kappa shape index (κ1) is 13.8. The van der Waals surface area contributed by atoms with E-state index in [0.717, 1.165) is 16.8 Å². The molecule has 0 aliphatic carbocycles. The van der Waals surface area contributed by atoms with Crippen LogP contribution in [0.3, 0.4) is 0 Å². The molecule has 0 spiro atoms. The van der Waals surface area contributed by atoms with Crippen molar-refractivity contribution < 1.29 is 4.79 Å². The standard InChI is InChI=1S/C12H14N4OS2/c1-7-4-3-5-8(2)10(7)14-9(17)6-18-12-16-15-11(13)19-12/h3-5H,6H2,1-2H3,(H2,13,15)(H,14,17). The number of para-hydroxylation sites is 1. The van der Waals surface area contributed by atoms with Gasteiger partial charge in [-0.25, -0.2) is 0 Å². The van der Waals surface area contributed by atoms with Crippen LogP contribution in [0, 0.1) is 13.8 Å². The molecule has 1 aromatic carbocycles. The van der Waals surface area contributed by atoms with Crippen LogP contribution >= 0.6 is 23.1 Å². The average Bonchev–Trinajstić information content (AvgIpc) is 2.77. The third-order valence-corrected chi connectivity index (χ3v) is 4.38. The maximum atomic E-state index is 11.9. The van der Waals surface area contributed by atoms with Gasteiger partial charge in [0, 0.05) is 5.69 Å². The van der Waals surface area contributed by atoms with Gasteiger partial charge in [-0.15, -0.1) is 10.2 Å². The van der Waals surface area contributed by atoms with Gasteiger partial charge in [0.15, 0.2) is 4.34 Å². The van der Waals surface area contributed by atoms with Gasteiger partial charge in [-0.3, -0.25) is 4.79 Å². The van der Waals surface area contributed by atoms with Gasteiger partial charge >= 0.3 is 0 Å². The van der Waals surface area contributed by atoms with E-state index in [9.17, 15) is 4.79 Å². The topological polar surface area (TPSA) is 80.9 Å². The number of carbonyl (C=O) groups is 1. The van der Waals surface area contributed by atoms with Gasteiger partial charge < -0.3 is 11.1 Å². The highest BCUT2D eigenvalue weighted by molar-refractivity contribution is 8.01. The summed E-state index contributed by atoms with van der Waals surface area (Å²) < 4.78 is 0.703. The summed E-state index contributed by atoms with van der Waals surface area (Å²) in [5.74, 6) is 0.235. The molecule has 0 atom stereocenters. The largest absolute Gasteiger partial charge is 0.374 e. The molecule has 19 heavy (non-hydrogen) atoms. The molecular formula is C12H14N4OS2. The van der Waals surface area contributed by atoms with E-state index in [4.69, 9.17) is 5.73 Å². The number of aryl methyl sites for hydroxylation is 2. The number of amides is 1.